The molecule has 1 aliphatic heterocycles. The Morgan fingerprint density at radius 1 is 1.17 bits per heavy atom. The Bertz CT molecular complexity index is 984. The smallest absolute Gasteiger partial charge is 0.249 e. The Balaban J connectivity index is 1.53. The molecule has 0 N–H and O–H groups in total. The molecule has 0 spiro atoms. The third kappa shape index (κ3) is 4.08. The van der Waals surface area contributed by atoms with Gasteiger partial charge in [-0.25, -0.2) is 0 Å². The number of likely N-dealkylation sites (tertiary alicyclic amines) is 1. The van der Waals surface area contributed by atoms with E-state index in [1.54, 1.807) is 12.0 Å². The fourth-order valence-corrected chi connectivity index (χ4v) is 3.51. The summed E-state index contributed by atoms with van der Waals surface area (Å²) in [6.45, 7) is 3.03. The number of rotatable bonds is 7. The Morgan fingerprint density at radius 3 is 2.76 bits per heavy atom. The summed E-state index contributed by atoms with van der Waals surface area (Å²) >= 11 is 0. The van der Waals surface area contributed by atoms with Gasteiger partial charge < -0.3 is 18.9 Å². The molecule has 0 aliphatic carbocycles. The Labute approximate surface area is 169 Å². The third-order valence-electron chi connectivity index (χ3n) is 4.97. The maximum atomic E-state index is 12.5. The summed E-state index contributed by atoms with van der Waals surface area (Å²) in [5, 5.41) is 4.12. The van der Waals surface area contributed by atoms with Gasteiger partial charge in [0.25, 0.3) is 0 Å². The highest BCUT2D eigenvalue weighted by Gasteiger charge is 2.36. The van der Waals surface area contributed by atoms with Gasteiger partial charge in [-0.05, 0) is 55.3 Å². The third-order valence-corrected chi connectivity index (χ3v) is 4.97. The molecule has 0 saturated carbocycles. The van der Waals surface area contributed by atoms with E-state index in [2.05, 4.69) is 10.1 Å². The molecular formula is C22H23N3O4. The summed E-state index contributed by atoms with van der Waals surface area (Å²) in [5.41, 5.74) is 1.84. The van der Waals surface area contributed by atoms with Gasteiger partial charge in [-0.1, -0.05) is 17.3 Å². The minimum absolute atomic E-state index is 0.0821. The highest BCUT2D eigenvalue weighted by molar-refractivity contribution is 5.78. The first kappa shape index (κ1) is 19.0. The van der Waals surface area contributed by atoms with Crippen molar-refractivity contribution in [2.45, 2.75) is 32.4 Å². The zero-order valence-electron chi connectivity index (χ0n) is 16.5. The first-order chi connectivity index (χ1) is 14.2. The van der Waals surface area contributed by atoms with Crippen LogP contribution in [0.25, 0.3) is 11.4 Å². The largest absolute Gasteiger partial charge is 0.497 e. The molecule has 1 atom stereocenters. The molecule has 7 nitrogen and oxygen atoms in total. The molecule has 0 radical (unpaired) electrons. The molecule has 2 heterocycles. The summed E-state index contributed by atoms with van der Waals surface area (Å²) in [6, 6.07) is 15.0. The summed E-state index contributed by atoms with van der Waals surface area (Å²) in [4.78, 5) is 18.8. The van der Waals surface area contributed by atoms with Crippen molar-refractivity contribution in [2.75, 3.05) is 13.7 Å². The van der Waals surface area contributed by atoms with Crippen molar-refractivity contribution in [1.29, 1.82) is 0 Å². The summed E-state index contributed by atoms with van der Waals surface area (Å²) in [6.07, 6.45) is 1.13. The molecule has 0 bridgehead atoms. The number of carbonyl (C=O) groups excluding carboxylic acids is 1. The number of methoxy groups -OCH3 is 1. The van der Waals surface area contributed by atoms with E-state index in [1.807, 2.05) is 55.5 Å². The SMILES string of the molecule is CCOc1ccc(-c2noc(C3CCC(=O)N3Cc3cccc(OC)c3)n2)cc1. The monoisotopic (exact) mass is 393 g/mol. The van der Waals surface area contributed by atoms with Crippen LogP contribution in [0.5, 0.6) is 11.5 Å². The molecule has 1 saturated heterocycles. The van der Waals surface area contributed by atoms with Gasteiger partial charge in [0.2, 0.25) is 17.6 Å². The highest BCUT2D eigenvalue weighted by atomic mass is 16.5. The van der Waals surface area contributed by atoms with Crippen LogP contribution in [0, 0.1) is 0 Å². The average Bonchev–Trinajstić information content (AvgIpc) is 3.36. The fraction of sp³-hybridized carbons (Fsp3) is 0.318. The topological polar surface area (TPSA) is 77.7 Å². The van der Waals surface area contributed by atoms with E-state index in [-0.39, 0.29) is 11.9 Å². The number of amides is 1. The molecule has 150 valence electrons. The fourth-order valence-electron chi connectivity index (χ4n) is 3.51. The lowest BCUT2D eigenvalue weighted by molar-refractivity contribution is -0.130. The Hall–Kier alpha value is -3.35. The average molecular weight is 393 g/mol. The van der Waals surface area contributed by atoms with Crippen molar-refractivity contribution < 1.29 is 18.8 Å². The highest BCUT2D eigenvalue weighted by Crippen LogP contribution is 2.34. The van der Waals surface area contributed by atoms with Gasteiger partial charge in [-0.2, -0.15) is 4.98 Å². The van der Waals surface area contributed by atoms with Crippen molar-refractivity contribution in [3.05, 3.63) is 60.0 Å². The number of hydrogen-bond acceptors (Lipinski definition) is 6. The molecule has 1 unspecified atom stereocenters. The number of hydrogen-bond donors (Lipinski definition) is 0. The predicted octanol–water partition coefficient (Wildman–Crippen LogP) is 4.01. The zero-order valence-corrected chi connectivity index (χ0v) is 16.5. The van der Waals surface area contributed by atoms with Crippen molar-refractivity contribution >= 4 is 5.91 Å². The number of nitrogens with zero attached hydrogens (tertiary/aromatic N) is 3. The molecule has 2 aromatic carbocycles. The van der Waals surface area contributed by atoms with Crippen molar-refractivity contribution in [1.82, 2.24) is 15.0 Å². The second-order valence-corrected chi connectivity index (χ2v) is 6.84. The normalized spacial score (nSPS) is 16.3. The maximum absolute atomic E-state index is 12.5. The second kappa shape index (κ2) is 8.34. The van der Waals surface area contributed by atoms with Crippen LogP contribution in [0.15, 0.2) is 53.1 Å². The molecule has 3 aromatic rings. The van der Waals surface area contributed by atoms with Gasteiger partial charge in [-0.3, -0.25) is 4.79 Å². The summed E-state index contributed by atoms with van der Waals surface area (Å²) < 4.78 is 16.3. The maximum Gasteiger partial charge on any atom is 0.249 e. The lowest BCUT2D eigenvalue weighted by Gasteiger charge is -2.22. The van der Waals surface area contributed by atoms with Crippen LogP contribution >= 0.6 is 0 Å². The second-order valence-electron chi connectivity index (χ2n) is 6.84. The van der Waals surface area contributed by atoms with Gasteiger partial charge in [-0.15, -0.1) is 0 Å². The van der Waals surface area contributed by atoms with Crippen molar-refractivity contribution in [3.8, 4) is 22.9 Å². The van der Waals surface area contributed by atoms with Crippen molar-refractivity contribution in [2.24, 2.45) is 0 Å². The summed E-state index contributed by atoms with van der Waals surface area (Å²) in [5.74, 6) is 2.61. The van der Waals surface area contributed by atoms with E-state index in [0.717, 1.165) is 22.6 Å². The van der Waals surface area contributed by atoms with Crippen LogP contribution in [-0.2, 0) is 11.3 Å². The quantitative estimate of drug-likeness (QED) is 0.604. The van der Waals surface area contributed by atoms with Crippen LogP contribution in [0.3, 0.4) is 0 Å². The standard InChI is InChI=1S/C22H23N3O4/c1-3-28-17-9-7-16(8-10-17)21-23-22(29-24-21)19-11-12-20(26)25(19)14-15-5-4-6-18(13-15)27-2/h4-10,13,19H,3,11-12,14H2,1-2H3. The first-order valence-corrected chi connectivity index (χ1v) is 9.67. The molecular weight excluding hydrogens is 370 g/mol. The minimum Gasteiger partial charge on any atom is -0.497 e. The number of carbonyl (C=O) groups is 1. The van der Waals surface area contributed by atoms with Crippen molar-refractivity contribution in [3.63, 3.8) is 0 Å². The number of benzene rings is 2. The minimum atomic E-state index is -0.224. The van der Waals surface area contributed by atoms with Crippen LogP contribution < -0.4 is 9.47 Å². The van der Waals surface area contributed by atoms with Gasteiger partial charge in [0.05, 0.1) is 13.7 Å². The molecule has 1 aromatic heterocycles. The lowest BCUT2D eigenvalue weighted by Crippen LogP contribution is -2.27. The van der Waals surface area contributed by atoms with Gasteiger partial charge in [0.15, 0.2) is 0 Å². The van der Waals surface area contributed by atoms with E-state index >= 15 is 0 Å². The van der Waals surface area contributed by atoms with Crippen LogP contribution in [0.4, 0.5) is 0 Å². The van der Waals surface area contributed by atoms with E-state index in [0.29, 0.717) is 37.7 Å². The first-order valence-electron chi connectivity index (χ1n) is 9.67. The Kier molecular flexibility index (Phi) is 5.46. The van der Waals surface area contributed by atoms with Gasteiger partial charge >= 0.3 is 0 Å². The van der Waals surface area contributed by atoms with E-state index < -0.39 is 0 Å². The molecule has 4 rings (SSSR count). The molecule has 29 heavy (non-hydrogen) atoms. The number of aromatic nitrogens is 2. The van der Waals surface area contributed by atoms with Gasteiger partial charge in [0, 0.05) is 18.5 Å². The molecule has 1 fully saturated rings. The lowest BCUT2D eigenvalue weighted by atomic mass is 10.1. The summed E-state index contributed by atoms with van der Waals surface area (Å²) in [7, 11) is 1.63. The Morgan fingerprint density at radius 2 is 2.00 bits per heavy atom. The zero-order chi connectivity index (χ0) is 20.2. The molecule has 1 amide bonds. The van der Waals surface area contributed by atoms with Crippen LogP contribution in [0.1, 0.15) is 37.3 Å². The van der Waals surface area contributed by atoms with Gasteiger partial charge in [0.1, 0.15) is 17.5 Å². The van der Waals surface area contributed by atoms with Crippen LogP contribution in [-0.4, -0.2) is 34.7 Å². The molecule has 1 aliphatic rings. The number of ether oxygens (including phenoxy) is 2. The van der Waals surface area contributed by atoms with E-state index in [9.17, 15) is 4.79 Å². The molecule has 7 heteroatoms. The van der Waals surface area contributed by atoms with Crippen LogP contribution in [0.2, 0.25) is 0 Å². The van der Waals surface area contributed by atoms with E-state index in [4.69, 9.17) is 14.0 Å². The predicted molar refractivity (Wildman–Crippen MR) is 106 cm³/mol. The van der Waals surface area contributed by atoms with E-state index in [1.165, 1.54) is 0 Å².